The van der Waals surface area contributed by atoms with Crippen LogP contribution >= 0.6 is 11.6 Å². The van der Waals surface area contributed by atoms with Gasteiger partial charge in [0.25, 0.3) is 11.7 Å². The molecule has 1 atom stereocenters. The molecule has 0 aromatic heterocycles. The van der Waals surface area contributed by atoms with Gasteiger partial charge in [-0.25, -0.2) is 0 Å². The van der Waals surface area contributed by atoms with Crippen molar-refractivity contribution in [3.8, 4) is 5.75 Å². The lowest BCUT2D eigenvalue weighted by Crippen LogP contribution is -2.32. The SMILES string of the molecule is Cc1cc(/C(O)=C2\C(=O)C(=O)N(CCCN(C)C)[C@@H]2c2ccc(Cl)cc2)ccc1OCC(C)C. The molecule has 6 nitrogen and oxygen atoms in total. The molecule has 34 heavy (non-hydrogen) atoms. The number of carbonyl (C=O) groups is 2. The normalized spacial score (nSPS) is 17.8. The minimum Gasteiger partial charge on any atom is -0.507 e. The van der Waals surface area contributed by atoms with E-state index in [0.717, 1.165) is 23.4 Å². The van der Waals surface area contributed by atoms with Crippen molar-refractivity contribution in [2.75, 3.05) is 33.8 Å². The number of hydrogen-bond donors (Lipinski definition) is 1. The number of benzene rings is 2. The Bertz CT molecular complexity index is 1080. The van der Waals surface area contributed by atoms with E-state index in [9.17, 15) is 14.7 Å². The van der Waals surface area contributed by atoms with Gasteiger partial charge in [-0.2, -0.15) is 0 Å². The van der Waals surface area contributed by atoms with Crippen LogP contribution < -0.4 is 4.74 Å². The third-order valence-electron chi connectivity index (χ3n) is 5.75. The molecule has 1 amide bonds. The van der Waals surface area contributed by atoms with Crippen molar-refractivity contribution >= 4 is 29.1 Å². The first-order valence-corrected chi connectivity index (χ1v) is 11.9. The van der Waals surface area contributed by atoms with Crippen molar-refractivity contribution in [3.05, 3.63) is 69.8 Å². The number of rotatable bonds is 9. The van der Waals surface area contributed by atoms with E-state index in [-0.39, 0.29) is 11.3 Å². The summed E-state index contributed by atoms with van der Waals surface area (Å²) in [5.74, 6) is -0.361. The summed E-state index contributed by atoms with van der Waals surface area (Å²) in [5.41, 5.74) is 2.13. The number of carbonyl (C=O) groups excluding carboxylic acids is 2. The summed E-state index contributed by atoms with van der Waals surface area (Å²) in [7, 11) is 3.92. The second-order valence-electron chi connectivity index (χ2n) is 9.39. The highest BCUT2D eigenvalue weighted by molar-refractivity contribution is 6.46. The van der Waals surface area contributed by atoms with Crippen LogP contribution in [-0.2, 0) is 9.59 Å². The molecule has 2 aromatic rings. The zero-order chi connectivity index (χ0) is 25.0. The summed E-state index contributed by atoms with van der Waals surface area (Å²) in [6, 6.07) is 11.6. The van der Waals surface area contributed by atoms with Gasteiger partial charge in [0.05, 0.1) is 18.2 Å². The number of ketones is 1. The predicted octanol–water partition coefficient (Wildman–Crippen LogP) is 5.06. The van der Waals surface area contributed by atoms with Gasteiger partial charge in [0.1, 0.15) is 11.5 Å². The molecule has 0 spiro atoms. The minimum atomic E-state index is -0.684. The van der Waals surface area contributed by atoms with Crippen LogP contribution in [0.3, 0.4) is 0 Å². The first-order chi connectivity index (χ1) is 16.1. The molecule has 0 unspecified atom stereocenters. The number of ether oxygens (including phenoxy) is 1. The number of likely N-dealkylation sites (tertiary alicyclic amines) is 1. The summed E-state index contributed by atoms with van der Waals surface area (Å²) in [6.45, 7) is 7.79. The minimum absolute atomic E-state index is 0.0902. The van der Waals surface area contributed by atoms with E-state index in [1.54, 1.807) is 47.4 Å². The van der Waals surface area contributed by atoms with E-state index >= 15 is 0 Å². The number of nitrogens with zero attached hydrogens (tertiary/aromatic N) is 2. The average Bonchev–Trinajstić information content (AvgIpc) is 3.03. The highest BCUT2D eigenvalue weighted by Crippen LogP contribution is 2.40. The molecule has 0 saturated carbocycles. The second kappa shape index (κ2) is 11.1. The van der Waals surface area contributed by atoms with E-state index in [1.807, 2.05) is 25.9 Å². The van der Waals surface area contributed by atoms with Crippen molar-refractivity contribution < 1.29 is 19.4 Å². The average molecular weight is 485 g/mol. The zero-order valence-electron chi connectivity index (χ0n) is 20.5. The fraction of sp³-hybridized carbons (Fsp3) is 0.407. The maximum atomic E-state index is 13.1. The van der Waals surface area contributed by atoms with Gasteiger partial charge in [-0.1, -0.05) is 37.6 Å². The highest BCUT2D eigenvalue weighted by atomic mass is 35.5. The molecule has 182 valence electrons. The Balaban J connectivity index is 2.03. The summed E-state index contributed by atoms with van der Waals surface area (Å²) in [5, 5.41) is 11.8. The number of Topliss-reactive ketones (excluding diaryl/α,β-unsaturated/α-hetero) is 1. The molecule has 1 aliphatic heterocycles. The molecule has 1 N–H and O–H groups in total. The molecule has 0 bridgehead atoms. The zero-order valence-corrected chi connectivity index (χ0v) is 21.2. The molecule has 1 heterocycles. The van der Waals surface area contributed by atoms with E-state index in [1.165, 1.54) is 0 Å². The second-order valence-corrected chi connectivity index (χ2v) is 9.82. The van der Waals surface area contributed by atoms with Crippen molar-refractivity contribution in [2.45, 2.75) is 33.2 Å². The number of hydrogen-bond acceptors (Lipinski definition) is 5. The fourth-order valence-electron chi connectivity index (χ4n) is 4.03. The van der Waals surface area contributed by atoms with Crippen LogP contribution in [-0.4, -0.2) is 60.4 Å². The lowest BCUT2D eigenvalue weighted by Gasteiger charge is -2.26. The van der Waals surface area contributed by atoms with E-state index in [2.05, 4.69) is 13.8 Å². The van der Waals surface area contributed by atoms with Gasteiger partial charge >= 0.3 is 0 Å². The van der Waals surface area contributed by atoms with Gasteiger partial charge in [0.2, 0.25) is 0 Å². The van der Waals surface area contributed by atoms with Crippen LogP contribution in [0.1, 0.15) is 43.0 Å². The Morgan fingerprint density at radius 1 is 1.15 bits per heavy atom. The topological polar surface area (TPSA) is 70.1 Å². The molecular formula is C27H33ClN2O4. The van der Waals surface area contributed by atoms with E-state index in [0.29, 0.717) is 36.1 Å². The van der Waals surface area contributed by atoms with Gasteiger partial charge in [-0.05, 0) is 81.4 Å². The van der Waals surface area contributed by atoms with Gasteiger partial charge < -0.3 is 19.6 Å². The third-order valence-corrected chi connectivity index (χ3v) is 6.00. The number of amides is 1. The first-order valence-electron chi connectivity index (χ1n) is 11.5. The van der Waals surface area contributed by atoms with Crippen molar-refractivity contribution in [1.82, 2.24) is 9.80 Å². The van der Waals surface area contributed by atoms with Crippen LogP contribution in [0.4, 0.5) is 0 Å². The summed E-state index contributed by atoms with van der Waals surface area (Å²) in [6.07, 6.45) is 0.700. The molecular weight excluding hydrogens is 452 g/mol. The standard InChI is InChI=1S/C27H33ClN2O4/c1-17(2)16-34-22-12-9-20(15-18(22)3)25(31)23-24(19-7-10-21(28)11-8-19)30(27(33)26(23)32)14-6-13-29(4)5/h7-12,15,17,24,31H,6,13-14,16H2,1-5H3/b25-23+/t24-/m1/s1. The van der Waals surface area contributed by atoms with Crippen molar-refractivity contribution in [2.24, 2.45) is 5.92 Å². The van der Waals surface area contributed by atoms with Gasteiger partial charge in [0.15, 0.2) is 0 Å². The fourth-order valence-corrected chi connectivity index (χ4v) is 4.16. The van der Waals surface area contributed by atoms with Crippen molar-refractivity contribution in [1.29, 1.82) is 0 Å². The van der Waals surface area contributed by atoms with Crippen LogP contribution in [0.15, 0.2) is 48.0 Å². The van der Waals surface area contributed by atoms with Gasteiger partial charge in [-0.3, -0.25) is 9.59 Å². The number of aliphatic hydroxyl groups is 1. The van der Waals surface area contributed by atoms with Crippen LogP contribution in [0.5, 0.6) is 5.75 Å². The summed E-state index contributed by atoms with van der Waals surface area (Å²) < 4.78 is 5.84. The Morgan fingerprint density at radius 3 is 2.41 bits per heavy atom. The predicted molar refractivity (Wildman–Crippen MR) is 135 cm³/mol. The van der Waals surface area contributed by atoms with Crippen LogP contribution in [0.2, 0.25) is 5.02 Å². The molecule has 3 rings (SSSR count). The maximum absolute atomic E-state index is 13.1. The third kappa shape index (κ3) is 5.80. The van der Waals surface area contributed by atoms with Crippen LogP contribution in [0, 0.1) is 12.8 Å². The molecule has 0 radical (unpaired) electrons. The van der Waals surface area contributed by atoms with Gasteiger partial charge in [-0.15, -0.1) is 0 Å². The van der Waals surface area contributed by atoms with E-state index in [4.69, 9.17) is 16.3 Å². The number of aryl methyl sites for hydroxylation is 1. The van der Waals surface area contributed by atoms with Gasteiger partial charge in [0, 0.05) is 17.1 Å². The Kier molecular flexibility index (Phi) is 8.39. The smallest absolute Gasteiger partial charge is 0.295 e. The van der Waals surface area contributed by atoms with E-state index < -0.39 is 17.7 Å². The molecule has 7 heteroatoms. The lowest BCUT2D eigenvalue weighted by atomic mass is 9.94. The molecule has 0 aliphatic carbocycles. The first kappa shape index (κ1) is 25.8. The number of aliphatic hydroxyl groups excluding tert-OH is 1. The Hall–Kier alpha value is -2.83. The molecule has 1 fully saturated rings. The van der Waals surface area contributed by atoms with Crippen LogP contribution in [0.25, 0.3) is 5.76 Å². The lowest BCUT2D eigenvalue weighted by molar-refractivity contribution is -0.139. The summed E-state index contributed by atoms with van der Waals surface area (Å²) >= 11 is 6.08. The highest BCUT2D eigenvalue weighted by Gasteiger charge is 2.45. The molecule has 1 aliphatic rings. The monoisotopic (exact) mass is 484 g/mol. The van der Waals surface area contributed by atoms with Crippen molar-refractivity contribution in [3.63, 3.8) is 0 Å². The summed E-state index contributed by atoms with van der Waals surface area (Å²) in [4.78, 5) is 29.7. The quantitative estimate of drug-likeness (QED) is 0.306. The maximum Gasteiger partial charge on any atom is 0.295 e. The Labute approximate surface area is 206 Å². The molecule has 1 saturated heterocycles. The number of halogens is 1. The largest absolute Gasteiger partial charge is 0.507 e. The Morgan fingerprint density at radius 2 is 1.82 bits per heavy atom. The molecule has 2 aromatic carbocycles.